The van der Waals surface area contributed by atoms with E-state index in [9.17, 15) is 9.90 Å². The molecule has 4 atom stereocenters. The van der Waals surface area contributed by atoms with E-state index < -0.39 is 42.7 Å². The van der Waals surface area contributed by atoms with Gasteiger partial charge in [0.2, 0.25) is 0 Å². The fourth-order valence-electron chi connectivity index (χ4n) is 5.72. The van der Waals surface area contributed by atoms with E-state index >= 15 is 4.39 Å². The number of alkyl halides is 1. The Morgan fingerprint density at radius 3 is 2.54 bits per heavy atom. The number of ether oxygens (including phenoxy) is 2. The minimum atomic E-state index is -1.30. The molecule has 5 rings (SSSR count). The van der Waals surface area contributed by atoms with Crippen molar-refractivity contribution in [3.05, 3.63) is 30.6 Å². The van der Waals surface area contributed by atoms with Gasteiger partial charge in [0.25, 0.3) is 0 Å². The largest absolute Gasteiger partial charge is 0.494 e. The average Bonchev–Trinajstić information content (AvgIpc) is 3.36. The van der Waals surface area contributed by atoms with Crippen molar-refractivity contribution in [2.75, 3.05) is 25.9 Å². The lowest BCUT2D eigenvalue weighted by molar-refractivity contribution is 0.00578. The Bertz CT molecular complexity index is 1200. The minimum absolute atomic E-state index is 0.0450. The molecule has 210 valence electrons. The lowest BCUT2D eigenvalue weighted by Crippen LogP contribution is -2.58. The molecular formula is C27H36BFN4O6. The van der Waals surface area contributed by atoms with Crippen molar-refractivity contribution in [1.82, 2.24) is 14.9 Å². The van der Waals surface area contributed by atoms with Crippen molar-refractivity contribution < 1.29 is 33.1 Å². The van der Waals surface area contributed by atoms with Gasteiger partial charge in [-0.15, -0.1) is 0 Å². The SMILES string of the molecule is COCOc1cc(B2OC(C)(C)C(C)(C)O2)ccc1-c1cnc(N(C)[C@@H]2C[C@H]3CC[C@@H]([C@@H]2F)N3C(=O)O)cn1. The van der Waals surface area contributed by atoms with Gasteiger partial charge < -0.3 is 28.8 Å². The topological polar surface area (TPSA) is 106 Å². The summed E-state index contributed by atoms with van der Waals surface area (Å²) in [6.45, 7) is 8.06. The predicted octanol–water partition coefficient (Wildman–Crippen LogP) is 3.48. The molecular weight excluding hydrogens is 506 g/mol. The second kappa shape index (κ2) is 10.2. The van der Waals surface area contributed by atoms with Gasteiger partial charge in [0.05, 0.1) is 41.4 Å². The normalized spacial score (nSPS) is 27.1. The van der Waals surface area contributed by atoms with Gasteiger partial charge in [-0.3, -0.25) is 9.88 Å². The van der Waals surface area contributed by atoms with Crippen LogP contribution in [0.4, 0.5) is 15.0 Å². The fourth-order valence-corrected chi connectivity index (χ4v) is 5.72. The summed E-state index contributed by atoms with van der Waals surface area (Å²) in [4.78, 5) is 23.9. The third kappa shape index (κ3) is 4.94. The molecule has 3 aliphatic heterocycles. The van der Waals surface area contributed by atoms with Crippen molar-refractivity contribution in [2.45, 2.75) is 82.5 Å². The van der Waals surface area contributed by atoms with Crippen LogP contribution >= 0.6 is 0 Å². The number of methoxy groups -OCH3 is 1. The van der Waals surface area contributed by atoms with Gasteiger partial charge in [0.15, 0.2) is 6.79 Å². The van der Waals surface area contributed by atoms with E-state index in [1.165, 1.54) is 4.90 Å². The fraction of sp³-hybridized carbons (Fsp3) is 0.593. The molecule has 12 heteroatoms. The third-order valence-electron chi connectivity index (χ3n) is 8.65. The molecule has 3 aliphatic rings. The van der Waals surface area contributed by atoms with Crippen LogP contribution in [0.5, 0.6) is 5.75 Å². The van der Waals surface area contributed by atoms with Crippen molar-refractivity contribution in [3.63, 3.8) is 0 Å². The molecule has 2 aromatic rings. The van der Waals surface area contributed by atoms with Crippen LogP contribution in [0.3, 0.4) is 0 Å². The predicted molar refractivity (Wildman–Crippen MR) is 144 cm³/mol. The molecule has 0 radical (unpaired) electrons. The quantitative estimate of drug-likeness (QED) is 0.416. The molecule has 4 heterocycles. The number of benzene rings is 1. The monoisotopic (exact) mass is 542 g/mol. The maximum absolute atomic E-state index is 15.4. The highest BCUT2D eigenvalue weighted by Gasteiger charge is 2.52. The number of fused-ring (bicyclic) bond motifs is 2. The van der Waals surface area contributed by atoms with E-state index in [0.717, 1.165) is 5.46 Å². The van der Waals surface area contributed by atoms with Crippen LogP contribution in [-0.4, -0.2) is 89.6 Å². The van der Waals surface area contributed by atoms with Crippen LogP contribution < -0.4 is 15.1 Å². The van der Waals surface area contributed by atoms with Crippen molar-refractivity contribution in [1.29, 1.82) is 0 Å². The number of hydrogen-bond acceptors (Lipinski definition) is 8. The summed E-state index contributed by atoms with van der Waals surface area (Å²) >= 11 is 0. The molecule has 1 aromatic heterocycles. The number of nitrogens with zero attached hydrogens (tertiary/aromatic N) is 4. The Morgan fingerprint density at radius 2 is 1.92 bits per heavy atom. The van der Waals surface area contributed by atoms with Gasteiger partial charge in [-0.05, 0) is 64.6 Å². The van der Waals surface area contributed by atoms with Gasteiger partial charge in [0.1, 0.15) is 17.7 Å². The molecule has 0 aliphatic carbocycles. The first-order valence-electron chi connectivity index (χ1n) is 13.3. The Morgan fingerprint density at radius 1 is 1.21 bits per heavy atom. The summed E-state index contributed by atoms with van der Waals surface area (Å²) in [5, 5.41) is 9.51. The summed E-state index contributed by atoms with van der Waals surface area (Å²) < 4.78 is 38.8. The van der Waals surface area contributed by atoms with Crippen LogP contribution in [0.1, 0.15) is 47.0 Å². The summed E-state index contributed by atoms with van der Waals surface area (Å²) in [6, 6.07) is 4.38. The standard InChI is InChI=1S/C27H36BFN4O6/c1-26(2)27(3,4)39-28(38-26)16-7-9-18(22(11-16)37-15-36-6)19-13-31-23(14-30-19)32(5)21-12-17-8-10-20(24(21)29)33(17)25(34)35/h7,9,11,13-14,17,20-21,24H,8,10,12,15H2,1-6H3,(H,34,35)/t17-,20+,21-,24+/m1/s1. The summed E-state index contributed by atoms with van der Waals surface area (Å²) in [5.74, 6) is 1.06. The number of amides is 1. The van der Waals surface area contributed by atoms with E-state index in [1.807, 2.05) is 45.9 Å². The smallest absolute Gasteiger partial charge is 0.467 e. The maximum Gasteiger partial charge on any atom is 0.494 e. The van der Waals surface area contributed by atoms with E-state index in [4.69, 9.17) is 18.8 Å². The van der Waals surface area contributed by atoms with Gasteiger partial charge in [-0.2, -0.15) is 0 Å². The van der Waals surface area contributed by atoms with Gasteiger partial charge in [-0.1, -0.05) is 6.07 Å². The molecule has 3 fully saturated rings. The summed E-state index contributed by atoms with van der Waals surface area (Å²) in [7, 11) is 2.78. The van der Waals surface area contributed by atoms with E-state index in [0.29, 0.717) is 42.1 Å². The van der Waals surface area contributed by atoms with Crippen LogP contribution in [-0.2, 0) is 14.0 Å². The number of piperidine rings is 1. The molecule has 1 aromatic carbocycles. The highest BCUT2D eigenvalue weighted by molar-refractivity contribution is 6.62. The van der Waals surface area contributed by atoms with Gasteiger partial charge in [-0.25, -0.2) is 14.2 Å². The Labute approximate surface area is 228 Å². The second-order valence-electron chi connectivity index (χ2n) is 11.5. The van der Waals surface area contributed by atoms with Crippen LogP contribution in [0.25, 0.3) is 11.3 Å². The zero-order valence-electron chi connectivity index (χ0n) is 23.3. The lowest BCUT2D eigenvalue weighted by Gasteiger charge is -2.43. The molecule has 0 spiro atoms. The van der Waals surface area contributed by atoms with Gasteiger partial charge in [0, 0.05) is 25.8 Å². The van der Waals surface area contributed by atoms with Crippen molar-refractivity contribution in [2.24, 2.45) is 0 Å². The van der Waals surface area contributed by atoms with Crippen LogP contribution in [0.2, 0.25) is 0 Å². The first-order chi connectivity index (χ1) is 18.4. The molecule has 0 saturated carbocycles. The highest BCUT2D eigenvalue weighted by Crippen LogP contribution is 2.40. The zero-order valence-corrected chi connectivity index (χ0v) is 23.3. The Hall–Kier alpha value is -2.96. The average molecular weight is 542 g/mol. The van der Waals surface area contributed by atoms with E-state index in [1.54, 1.807) is 31.5 Å². The number of rotatable bonds is 7. The second-order valence-corrected chi connectivity index (χ2v) is 11.5. The van der Waals surface area contributed by atoms with Crippen LogP contribution in [0.15, 0.2) is 30.6 Å². The third-order valence-corrected chi connectivity index (χ3v) is 8.65. The molecule has 39 heavy (non-hydrogen) atoms. The number of halogens is 1. The first-order valence-corrected chi connectivity index (χ1v) is 13.3. The molecule has 2 bridgehead atoms. The Kier molecular flexibility index (Phi) is 7.23. The number of anilines is 1. The molecule has 1 N–H and O–H groups in total. The van der Waals surface area contributed by atoms with Gasteiger partial charge >= 0.3 is 13.2 Å². The molecule has 10 nitrogen and oxygen atoms in total. The minimum Gasteiger partial charge on any atom is -0.467 e. The lowest BCUT2D eigenvalue weighted by atomic mass is 9.78. The summed E-state index contributed by atoms with van der Waals surface area (Å²) in [6.07, 6.45) is 2.52. The number of carboxylic acid groups (broad SMARTS) is 1. The number of carbonyl (C=O) groups is 1. The zero-order chi connectivity index (χ0) is 28.1. The maximum atomic E-state index is 15.4. The van der Waals surface area contributed by atoms with Crippen molar-refractivity contribution in [3.8, 4) is 17.0 Å². The molecule has 0 unspecified atom stereocenters. The summed E-state index contributed by atoms with van der Waals surface area (Å²) in [5.41, 5.74) is 1.16. The molecule has 1 amide bonds. The van der Waals surface area contributed by atoms with Crippen LogP contribution in [0, 0.1) is 0 Å². The number of hydrogen-bond donors (Lipinski definition) is 1. The molecule has 3 saturated heterocycles. The highest BCUT2D eigenvalue weighted by atomic mass is 19.1. The Balaban J connectivity index is 1.36. The van der Waals surface area contributed by atoms with E-state index in [-0.39, 0.29) is 12.8 Å². The van der Waals surface area contributed by atoms with E-state index in [2.05, 4.69) is 9.97 Å². The van der Waals surface area contributed by atoms with Crippen molar-refractivity contribution >= 4 is 24.5 Å². The first kappa shape index (κ1) is 27.6. The number of aromatic nitrogens is 2.